The van der Waals surface area contributed by atoms with Gasteiger partial charge in [-0.15, -0.1) is 10.2 Å². The number of nitrogens with zero attached hydrogens (tertiary/aromatic N) is 4. The van der Waals surface area contributed by atoms with Crippen LogP contribution in [0.2, 0.25) is 0 Å². The Morgan fingerprint density at radius 1 is 1.12 bits per heavy atom. The van der Waals surface area contributed by atoms with Crippen LogP contribution in [0, 0.1) is 5.82 Å². The molecule has 0 fully saturated rings. The number of sulfonamides is 1. The third kappa shape index (κ3) is 4.56. The summed E-state index contributed by atoms with van der Waals surface area (Å²) in [6, 6.07) is 12.2. The molecular formula is C22H24FN5O3S. The largest absolute Gasteiger partial charge is 0.322 e. The number of aromatic nitrogens is 3. The van der Waals surface area contributed by atoms with Crippen molar-refractivity contribution < 1.29 is 17.6 Å². The van der Waals surface area contributed by atoms with Crippen LogP contribution in [0.25, 0.3) is 11.4 Å². The van der Waals surface area contributed by atoms with E-state index in [9.17, 15) is 17.6 Å². The third-order valence-corrected chi connectivity index (χ3v) is 7.24. The summed E-state index contributed by atoms with van der Waals surface area (Å²) >= 11 is 0. The summed E-state index contributed by atoms with van der Waals surface area (Å²) in [4.78, 5) is 12.6. The first-order valence-electron chi connectivity index (χ1n) is 10.4. The van der Waals surface area contributed by atoms with Gasteiger partial charge in [0.15, 0.2) is 5.82 Å². The van der Waals surface area contributed by atoms with Crippen molar-refractivity contribution in [1.29, 1.82) is 0 Å². The first-order valence-corrected chi connectivity index (χ1v) is 11.8. The summed E-state index contributed by atoms with van der Waals surface area (Å²) in [7, 11) is -2.53. The van der Waals surface area contributed by atoms with E-state index in [2.05, 4.69) is 15.5 Å². The summed E-state index contributed by atoms with van der Waals surface area (Å²) in [5.74, 6) is 0.260. The van der Waals surface area contributed by atoms with Crippen LogP contribution in [0.1, 0.15) is 25.1 Å². The zero-order valence-electron chi connectivity index (χ0n) is 17.7. The Labute approximate surface area is 186 Å². The Morgan fingerprint density at radius 3 is 2.69 bits per heavy atom. The predicted molar refractivity (Wildman–Crippen MR) is 118 cm³/mol. The van der Waals surface area contributed by atoms with Crippen LogP contribution in [0.15, 0.2) is 53.4 Å². The molecular weight excluding hydrogens is 433 g/mol. The number of hydrogen-bond donors (Lipinski definition) is 1. The van der Waals surface area contributed by atoms with Crippen molar-refractivity contribution in [3.05, 3.63) is 60.2 Å². The highest BCUT2D eigenvalue weighted by Gasteiger charge is 2.23. The van der Waals surface area contributed by atoms with E-state index in [0.717, 1.165) is 42.4 Å². The highest BCUT2D eigenvalue weighted by atomic mass is 32.2. The van der Waals surface area contributed by atoms with E-state index in [-0.39, 0.29) is 10.6 Å². The first kappa shape index (κ1) is 22.1. The van der Waals surface area contributed by atoms with Crippen molar-refractivity contribution >= 4 is 21.6 Å². The predicted octanol–water partition coefficient (Wildman–Crippen LogP) is 3.07. The Balaban J connectivity index is 1.51. The normalized spacial score (nSPS) is 14.1. The minimum absolute atomic E-state index is 0.0380. The Hall–Kier alpha value is -3.11. The van der Waals surface area contributed by atoms with Crippen LogP contribution in [0.3, 0.4) is 0 Å². The molecule has 0 unspecified atom stereocenters. The lowest BCUT2D eigenvalue weighted by Gasteiger charge is -2.17. The van der Waals surface area contributed by atoms with Crippen LogP contribution >= 0.6 is 0 Å². The number of amides is 1. The van der Waals surface area contributed by atoms with Crippen molar-refractivity contribution in [3.63, 3.8) is 0 Å². The van der Waals surface area contributed by atoms with Gasteiger partial charge in [0.2, 0.25) is 15.9 Å². The highest BCUT2D eigenvalue weighted by Crippen LogP contribution is 2.26. The van der Waals surface area contributed by atoms with Gasteiger partial charge in [-0.3, -0.25) is 4.79 Å². The number of hydrogen-bond acceptors (Lipinski definition) is 5. The second-order valence-electron chi connectivity index (χ2n) is 7.72. The molecule has 0 saturated heterocycles. The molecule has 0 spiro atoms. The number of likely N-dealkylation sites (N-methyl/N-ethyl adjacent to an activating group) is 1. The van der Waals surface area contributed by atoms with Crippen LogP contribution < -0.4 is 5.32 Å². The molecule has 1 aliphatic heterocycles. The molecule has 168 valence electrons. The van der Waals surface area contributed by atoms with Gasteiger partial charge >= 0.3 is 0 Å². The molecule has 1 N–H and O–H groups in total. The number of halogens is 1. The second kappa shape index (κ2) is 9.17. The summed E-state index contributed by atoms with van der Waals surface area (Å²) in [5, 5.41) is 11.0. The molecule has 2 aromatic carbocycles. The molecule has 0 atom stereocenters. The maximum absolute atomic E-state index is 14.4. The summed E-state index contributed by atoms with van der Waals surface area (Å²) in [6.07, 6.45) is 4.04. The molecule has 10 heteroatoms. The minimum atomic E-state index is -3.84. The van der Waals surface area contributed by atoms with Crippen molar-refractivity contribution in [1.82, 2.24) is 19.1 Å². The van der Waals surface area contributed by atoms with Crippen molar-refractivity contribution in [2.75, 3.05) is 18.9 Å². The topological polar surface area (TPSA) is 97.2 Å². The fourth-order valence-electron chi connectivity index (χ4n) is 3.71. The van der Waals surface area contributed by atoms with Gasteiger partial charge in [0.05, 0.1) is 17.1 Å². The van der Waals surface area contributed by atoms with E-state index in [1.54, 1.807) is 24.3 Å². The van der Waals surface area contributed by atoms with Gasteiger partial charge < -0.3 is 9.88 Å². The molecule has 0 aliphatic carbocycles. The molecule has 3 aromatic rings. The molecule has 1 amide bonds. The molecule has 4 rings (SSSR count). The SMILES string of the molecule is CN(CC(=O)Nc1cc(-c2nnc3n2CCCCC3)ccc1F)S(=O)(=O)c1ccccc1. The lowest BCUT2D eigenvalue weighted by atomic mass is 10.1. The first-order chi connectivity index (χ1) is 15.4. The van der Waals surface area contributed by atoms with E-state index >= 15 is 0 Å². The van der Waals surface area contributed by atoms with E-state index in [0.29, 0.717) is 11.4 Å². The zero-order valence-corrected chi connectivity index (χ0v) is 18.5. The van der Waals surface area contributed by atoms with E-state index in [4.69, 9.17) is 0 Å². The molecule has 1 aliphatic rings. The van der Waals surface area contributed by atoms with Gasteiger partial charge in [-0.25, -0.2) is 12.8 Å². The number of aryl methyl sites for hydroxylation is 1. The van der Waals surface area contributed by atoms with Crippen LogP contribution in [-0.4, -0.2) is 47.0 Å². The van der Waals surface area contributed by atoms with Gasteiger partial charge in [-0.05, 0) is 43.2 Å². The Kier molecular flexibility index (Phi) is 6.33. The zero-order chi connectivity index (χ0) is 22.7. The summed E-state index contributed by atoms with van der Waals surface area (Å²) in [6.45, 7) is 0.333. The summed E-state index contributed by atoms with van der Waals surface area (Å²) < 4.78 is 42.6. The average molecular weight is 458 g/mol. The Bertz CT molecular complexity index is 1230. The van der Waals surface area contributed by atoms with E-state index < -0.39 is 28.3 Å². The lowest BCUT2D eigenvalue weighted by Crippen LogP contribution is -2.35. The van der Waals surface area contributed by atoms with E-state index in [1.165, 1.54) is 31.3 Å². The van der Waals surface area contributed by atoms with Crippen molar-refractivity contribution in [3.8, 4) is 11.4 Å². The average Bonchev–Trinajstić information content (AvgIpc) is 3.03. The van der Waals surface area contributed by atoms with Crippen molar-refractivity contribution in [2.45, 2.75) is 37.1 Å². The van der Waals surface area contributed by atoms with Crippen molar-refractivity contribution in [2.24, 2.45) is 0 Å². The number of carbonyl (C=O) groups excluding carboxylic acids is 1. The van der Waals surface area contributed by atoms with Gasteiger partial charge in [-0.2, -0.15) is 4.31 Å². The summed E-state index contributed by atoms with van der Waals surface area (Å²) in [5.41, 5.74) is 0.594. The number of carbonyl (C=O) groups is 1. The minimum Gasteiger partial charge on any atom is -0.322 e. The number of rotatable bonds is 6. The fourth-order valence-corrected chi connectivity index (χ4v) is 4.86. The van der Waals surface area contributed by atoms with Gasteiger partial charge in [0.1, 0.15) is 11.6 Å². The molecule has 0 bridgehead atoms. The monoisotopic (exact) mass is 457 g/mol. The number of nitrogens with one attached hydrogen (secondary N) is 1. The van der Waals surface area contributed by atoms with Gasteiger partial charge in [-0.1, -0.05) is 24.6 Å². The van der Waals surface area contributed by atoms with Crippen LogP contribution in [0.5, 0.6) is 0 Å². The van der Waals surface area contributed by atoms with Crippen LogP contribution in [0.4, 0.5) is 10.1 Å². The lowest BCUT2D eigenvalue weighted by molar-refractivity contribution is -0.116. The highest BCUT2D eigenvalue weighted by molar-refractivity contribution is 7.89. The number of benzene rings is 2. The quantitative estimate of drug-likeness (QED) is 0.614. The molecule has 32 heavy (non-hydrogen) atoms. The van der Waals surface area contributed by atoms with Gasteiger partial charge in [0.25, 0.3) is 0 Å². The second-order valence-corrected chi connectivity index (χ2v) is 9.76. The molecule has 8 nitrogen and oxygen atoms in total. The van der Waals surface area contributed by atoms with E-state index in [1.807, 2.05) is 4.57 Å². The molecule has 0 saturated carbocycles. The molecule has 2 heterocycles. The van der Waals surface area contributed by atoms with Crippen LogP contribution in [-0.2, 0) is 27.8 Å². The van der Waals surface area contributed by atoms with Gasteiger partial charge in [0, 0.05) is 25.6 Å². The standard InChI is InChI=1S/C22H24FN5O3S/c1-27(32(30,31)17-8-4-2-5-9-17)15-21(29)24-19-14-16(11-12-18(19)23)22-26-25-20-10-6-3-7-13-28(20)22/h2,4-5,8-9,11-12,14H,3,6-7,10,13,15H2,1H3,(H,24,29). The maximum atomic E-state index is 14.4. The third-order valence-electron chi connectivity index (χ3n) is 5.43. The Morgan fingerprint density at radius 2 is 1.91 bits per heavy atom. The molecule has 1 aromatic heterocycles. The smallest absolute Gasteiger partial charge is 0.243 e. The maximum Gasteiger partial charge on any atom is 0.243 e. The molecule has 0 radical (unpaired) electrons. The number of fused-ring (bicyclic) bond motifs is 1. The number of anilines is 1. The fraction of sp³-hybridized carbons (Fsp3) is 0.318.